The summed E-state index contributed by atoms with van der Waals surface area (Å²) in [5.74, 6) is 1.40. The molecule has 2 rings (SSSR count). The Morgan fingerprint density at radius 3 is 2.81 bits per heavy atom. The maximum absolute atomic E-state index is 7.35. The highest BCUT2D eigenvalue weighted by atomic mass is 32.1. The van der Waals surface area contributed by atoms with Crippen LogP contribution in [0, 0.1) is 12.3 Å². The van der Waals surface area contributed by atoms with Crippen molar-refractivity contribution < 1.29 is 4.74 Å². The van der Waals surface area contributed by atoms with Crippen molar-refractivity contribution >= 4 is 17.2 Å². The molecule has 0 saturated carbocycles. The quantitative estimate of drug-likeness (QED) is 0.634. The second-order valence-corrected chi connectivity index (χ2v) is 6.28. The molecule has 2 aromatic rings. The number of benzene rings is 1. The topological polar surface area (TPSA) is 72.0 Å². The third-order valence-corrected chi connectivity index (χ3v) is 4.10. The predicted molar refractivity (Wildman–Crippen MR) is 87.6 cm³/mol. The van der Waals surface area contributed by atoms with E-state index in [0.717, 1.165) is 17.2 Å². The molecule has 0 aliphatic carbocycles. The highest BCUT2D eigenvalue weighted by Gasteiger charge is 2.09. The first kappa shape index (κ1) is 15.5. The predicted octanol–water partition coefficient (Wildman–Crippen LogP) is 3.48. The van der Waals surface area contributed by atoms with Gasteiger partial charge in [-0.1, -0.05) is 26.0 Å². The van der Waals surface area contributed by atoms with Gasteiger partial charge in [0.25, 0.3) is 0 Å². The third kappa shape index (κ3) is 4.04. The third-order valence-electron chi connectivity index (χ3n) is 3.19. The van der Waals surface area contributed by atoms with Crippen LogP contribution in [-0.4, -0.2) is 17.4 Å². The van der Waals surface area contributed by atoms with E-state index in [2.05, 4.69) is 44.0 Å². The number of rotatable bonds is 6. The molecule has 5 heteroatoms. The van der Waals surface area contributed by atoms with Gasteiger partial charge in [-0.05, 0) is 30.0 Å². The first-order chi connectivity index (χ1) is 9.97. The van der Waals surface area contributed by atoms with E-state index < -0.39 is 0 Å². The van der Waals surface area contributed by atoms with Gasteiger partial charge in [-0.15, -0.1) is 11.3 Å². The molecule has 3 N–H and O–H groups in total. The van der Waals surface area contributed by atoms with Crippen LogP contribution in [0.4, 0.5) is 0 Å². The summed E-state index contributed by atoms with van der Waals surface area (Å²) in [6, 6.07) is 6.33. The molecular weight excluding hydrogens is 282 g/mol. The highest BCUT2D eigenvalue weighted by Crippen LogP contribution is 2.27. The van der Waals surface area contributed by atoms with Gasteiger partial charge < -0.3 is 10.5 Å². The fraction of sp³-hybridized carbons (Fsp3) is 0.375. The van der Waals surface area contributed by atoms with Crippen molar-refractivity contribution in [1.82, 2.24) is 4.98 Å². The lowest BCUT2D eigenvalue weighted by atomic mass is 10.0. The number of amidine groups is 1. The Morgan fingerprint density at radius 2 is 2.19 bits per heavy atom. The van der Waals surface area contributed by atoms with Crippen molar-refractivity contribution in [3.8, 4) is 5.75 Å². The second-order valence-electron chi connectivity index (χ2n) is 5.33. The molecule has 0 radical (unpaired) electrons. The Balaban J connectivity index is 1.99. The van der Waals surface area contributed by atoms with Gasteiger partial charge in [-0.3, -0.25) is 5.41 Å². The molecular formula is C16H21N3OS. The van der Waals surface area contributed by atoms with E-state index >= 15 is 0 Å². The number of aromatic nitrogens is 1. The monoisotopic (exact) mass is 303 g/mol. The van der Waals surface area contributed by atoms with Gasteiger partial charge in [0.05, 0.1) is 11.6 Å². The first-order valence-electron chi connectivity index (χ1n) is 6.99. The lowest BCUT2D eigenvalue weighted by molar-refractivity contribution is 0.317. The van der Waals surface area contributed by atoms with Gasteiger partial charge in [0.15, 0.2) is 0 Å². The van der Waals surface area contributed by atoms with E-state index in [1.54, 1.807) is 0 Å². The molecule has 112 valence electrons. The van der Waals surface area contributed by atoms with Crippen LogP contribution in [0.5, 0.6) is 5.75 Å². The van der Waals surface area contributed by atoms with Crippen LogP contribution >= 0.6 is 11.3 Å². The molecule has 0 aliphatic heterocycles. The van der Waals surface area contributed by atoms with E-state index in [1.807, 2.05) is 5.38 Å². The normalized spacial score (nSPS) is 10.9. The molecule has 0 aliphatic rings. The van der Waals surface area contributed by atoms with Crippen LogP contribution in [-0.2, 0) is 6.42 Å². The summed E-state index contributed by atoms with van der Waals surface area (Å²) < 4.78 is 5.93. The van der Waals surface area contributed by atoms with Gasteiger partial charge in [0, 0.05) is 11.8 Å². The smallest absolute Gasteiger partial charge is 0.142 e. The number of nitrogen functional groups attached to an aromatic ring is 1. The van der Waals surface area contributed by atoms with Crippen molar-refractivity contribution in [3.63, 3.8) is 0 Å². The zero-order chi connectivity index (χ0) is 15.4. The molecule has 21 heavy (non-hydrogen) atoms. The van der Waals surface area contributed by atoms with Crippen LogP contribution in [0.15, 0.2) is 23.6 Å². The molecule has 4 nitrogen and oxygen atoms in total. The zero-order valence-corrected chi connectivity index (χ0v) is 13.5. The van der Waals surface area contributed by atoms with E-state index in [4.69, 9.17) is 15.9 Å². The van der Waals surface area contributed by atoms with E-state index in [9.17, 15) is 0 Å². The summed E-state index contributed by atoms with van der Waals surface area (Å²) in [5.41, 5.74) is 8.39. The van der Waals surface area contributed by atoms with Crippen LogP contribution in [0.25, 0.3) is 0 Å². The lowest BCUT2D eigenvalue weighted by Crippen LogP contribution is -2.11. The standard InChI is InChI=1S/C16H21N3OS/c1-10(2)12-5-4-11(3)8-14(12)20-7-6-15-19-13(9-21-15)16(17)18/h4-5,8-10H,6-7H2,1-3H3,(H3,17,18). The van der Waals surface area contributed by atoms with Crippen LogP contribution < -0.4 is 10.5 Å². The average Bonchev–Trinajstić information content (AvgIpc) is 2.87. The van der Waals surface area contributed by atoms with Gasteiger partial charge in [0.1, 0.15) is 17.3 Å². The number of hydrogen-bond donors (Lipinski definition) is 2. The number of thiazole rings is 1. The van der Waals surface area contributed by atoms with Crippen molar-refractivity contribution in [2.75, 3.05) is 6.61 Å². The SMILES string of the molecule is Cc1ccc(C(C)C)c(OCCc2nc(C(=N)N)cs2)c1. The Bertz CT molecular complexity index is 634. The molecule has 1 aromatic heterocycles. The minimum atomic E-state index is 0.0131. The van der Waals surface area contributed by atoms with Gasteiger partial charge in [0.2, 0.25) is 0 Å². The Hall–Kier alpha value is -1.88. The van der Waals surface area contributed by atoms with Crippen molar-refractivity contribution in [2.24, 2.45) is 5.73 Å². The van der Waals surface area contributed by atoms with Gasteiger partial charge in [-0.2, -0.15) is 0 Å². The summed E-state index contributed by atoms with van der Waals surface area (Å²) in [6.07, 6.45) is 0.726. The molecule has 0 saturated heterocycles. The molecule has 1 heterocycles. The Morgan fingerprint density at radius 1 is 1.43 bits per heavy atom. The van der Waals surface area contributed by atoms with Crippen LogP contribution in [0.3, 0.4) is 0 Å². The van der Waals surface area contributed by atoms with Crippen molar-refractivity contribution in [2.45, 2.75) is 33.1 Å². The first-order valence-corrected chi connectivity index (χ1v) is 7.87. The summed E-state index contributed by atoms with van der Waals surface area (Å²) in [5, 5.41) is 10.1. The minimum Gasteiger partial charge on any atom is -0.493 e. The largest absolute Gasteiger partial charge is 0.493 e. The maximum Gasteiger partial charge on any atom is 0.142 e. The maximum atomic E-state index is 7.35. The van der Waals surface area contributed by atoms with Crippen LogP contribution in [0.2, 0.25) is 0 Å². The molecule has 1 aromatic carbocycles. The van der Waals surface area contributed by atoms with Crippen molar-refractivity contribution in [3.05, 3.63) is 45.4 Å². The molecule has 0 amide bonds. The molecule has 0 unspecified atom stereocenters. The fourth-order valence-electron chi connectivity index (χ4n) is 2.04. The fourth-order valence-corrected chi connectivity index (χ4v) is 2.82. The van der Waals surface area contributed by atoms with Crippen LogP contribution in [0.1, 0.15) is 41.6 Å². The molecule has 0 spiro atoms. The Labute approximate surface area is 129 Å². The summed E-state index contributed by atoms with van der Waals surface area (Å²) in [7, 11) is 0. The summed E-state index contributed by atoms with van der Waals surface area (Å²) in [4.78, 5) is 4.31. The number of nitrogens with two attached hydrogens (primary N) is 1. The molecule has 0 atom stereocenters. The van der Waals surface area contributed by atoms with E-state index in [-0.39, 0.29) is 5.84 Å². The second kappa shape index (κ2) is 6.72. The highest BCUT2D eigenvalue weighted by molar-refractivity contribution is 7.09. The summed E-state index contributed by atoms with van der Waals surface area (Å²) >= 11 is 1.51. The minimum absolute atomic E-state index is 0.0131. The molecule has 0 fully saturated rings. The average molecular weight is 303 g/mol. The lowest BCUT2D eigenvalue weighted by Gasteiger charge is -2.14. The van der Waals surface area contributed by atoms with Crippen molar-refractivity contribution in [1.29, 1.82) is 5.41 Å². The number of hydrogen-bond acceptors (Lipinski definition) is 4. The summed E-state index contributed by atoms with van der Waals surface area (Å²) in [6.45, 7) is 6.97. The number of nitrogens with one attached hydrogen (secondary N) is 1. The Kier molecular flexibility index (Phi) is 4.96. The number of ether oxygens (including phenoxy) is 1. The van der Waals surface area contributed by atoms with E-state index in [1.165, 1.54) is 22.5 Å². The van der Waals surface area contributed by atoms with Gasteiger partial charge in [-0.25, -0.2) is 4.98 Å². The zero-order valence-electron chi connectivity index (χ0n) is 12.6. The van der Waals surface area contributed by atoms with Gasteiger partial charge >= 0.3 is 0 Å². The number of aryl methyl sites for hydroxylation is 1. The van der Waals surface area contributed by atoms with E-state index in [0.29, 0.717) is 18.2 Å². The molecule has 0 bridgehead atoms. The number of nitrogens with zero attached hydrogens (tertiary/aromatic N) is 1.